The van der Waals surface area contributed by atoms with E-state index >= 15 is 0 Å². The number of hydrogen-bond donors (Lipinski definition) is 1. The minimum atomic E-state index is -0.500. The zero-order valence-electron chi connectivity index (χ0n) is 7.31. The SMILES string of the molecule is C#C[C@@H](CO)OCc1ccccc1. The maximum atomic E-state index is 8.74. The maximum Gasteiger partial charge on any atom is 0.141 e. The van der Waals surface area contributed by atoms with Crippen LogP contribution in [0.25, 0.3) is 0 Å². The van der Waals surface area contributed by atoms with Crippen LogP contribution in [-0.2, 0) is 11.3 Å². The Morgan fingerprint density at radius 2 is 2.08 bits per heavy atom. The van der Waals surface area contributed by atoms with Crippen molar-refractivity contribution in [1.29, 1.82) is 0 Å². The number of terminal acetylenes is 1. The summed E-state index contributed by atoms with van der Waals surface area (Å²) in [5.74, 6) is 2.35. The Kier molecular flexibility index (Phi) is 4.04. The fourth-order valence-corrected chi connectivity index (χ4v) is 0.925. The molecule has 0 aromatic heterocycles. The van der Waals surface area contributed by atoms with E-state index in [1.165, 1.54) is 0 Å². The van der Waals surface area contributed by atoms with Crippen molar-refractivity contribution in [3.63, 3.8) is 0 Å². The summed E-state index contributed by atoms with van der Waals surface area (Å²) in [6.45, 7) is 0.305. The molecule has 0 fully saturated rings. The summed E-state index contributed by atoms with van der Waals surface area (Å²) in [4.78, 5) is 0. The van der Waals surface area contributed by atoms with Crippen LogP contribution in [0.2, 0.25) is 0 Å². The second kappa shape index (κ2) is 5.36. The quantitative estimate of drug-likeness (QED) is 0.698. The van der Waals surface area contributed by atoms with Crippen molar-refractivity contribution in [3.05, 3.63) is 35.9 Å². The van der Waals surface area contributed by atoms with E-state index < -0.39 is 6.10 Å². The van der Waals surface area contributed by atoms with E-state index in [0.29, 0.717) is 6.61 Å². The van der Waals surface area contributed by atoms with Gasteiger partial charge in [-0.3, -0.25) is 0 Å². The van der Waals surface area contributed by atoms with Gasteiger partial charge in [0.2, 0.25) is 0 Å². The number of hydrogen-bond acceptors (Lipinski definition) is 2. The molecule has 0 saturated heterocycles. The Bertz CT molecular complexity index is 274. The van der Waals surface area contributed by atoms with Gasteiger partial charge in [0.05, 0.1) is 13.2 Å². The molecule has 0 aliphatic rings. The molecule has 1 aromatic carbocycles. The molecule has 0 aliphatic carbocycles. The Morgan fingerprint density at radius 1 is 1.38 bits per heavy atom. The molecule has 68 valence electrons. The largest absolute Gasteiger partial charge is 0.393 e. The van der Waals surface area contributed by atoms with Gasteiger partial charge in [0.1, 0.15) is 6.10 Å². The van der Waals surface area contributed by atoms with Crippen molar-refractivity contribution < 1.29 is 9.84 Å². The van der Waals surface area contributed by atoms with Crippen LogP contribution in [0.4, 0.5) is 0 Å². The summed E-state index contributed by atoms with van der Waals surface area (Å²) in [6.07, 6.45) is 4.61. The summed E-state index contributed by atoms with van der Waals surface area (Å²) in [6, 6.07) is 9.70. The molecule has 0 saturated carbocycles. The summed E-state index contributed by atoms with van der Waals surface area (Å²) in [5.41, 5.74) is 1.05. The van der Waals surface area contributed by atoms with Gasteiger partial charge in [-0.15, -0.1) is 6.42 Å². The van der Waals surface area contributed by atoms with Gasteiger partial charge < -0.3 is 9.84 Å². The molecule has 0 unspecified atom stereocenters. The van der Waals surface area contributed by atoms with Crippen LogP contribution < -0.4 is 0 Å². The van der Waals surface area contributed by atoms with Gasteiger partial charge in [0.15, 0.2) is 0 Å². The molecule has 1 rings (SSSR count). The summed E-state index contributed by atoms with van der Waals surface area (Å²) in [5, 5.41) is 8.74. The van der Waals surface area contributed by atoms with Gasteiger partial charge in [-0.2, -0.15) is 0 Å². The third-order valence-electron chi connectivity index (χ3n) is 1.65. The van der Waals surface area contributed by atoms with Gasteiger partial charge in [-0.05, 0) is 5.56 Å². The lowest BCUT2D eigenvalue weighted by molar-refractivity contribution is 0.0380. The van der Waals surface area contributed by atoms with Crippen LogP contribution in [0.3, 0.4) is 0 Å². The lowest BCUT2D eigenvalue weighted by Crippen LogP contribution is -2.14. The molecule has 2 heteroatoms. The lowest BCUT2D eigenvalue weighted by Gasteiger charge is -2.08. The Morgan fingerprint density at radius 3 is 2.62 bits per heavy atom. The highest BCUT2D eigenvalue weighted by atomic mass is 16.5. The predicted molar refractivity (Wildman–Crippen MR) is 50.9 cm³/mol. The molecule has 0 spiro atoms. The van der Waals surface area contributed by atoms with E-state index in [1.54, 1.807) is 0 Å². The first-order valence-corrected chi connectivity index (χ1v) is 4.09. The van der Waals surface area contributed by atoms with E-state index in [2.05, 4.69) is 5.92 Å². The standard InChI is InChI=1S/C11H12O2/c1-2-11(8-12)13-9-10-6-4-3-5-7-10/h1,3-7,11-12H,8-9H2/t11-/m0/s1. The number of rotatable bonds is 4. The second-order valence-corrected chi connectivity index (χ2v) is 2.63. The van der Waals surface area contributed by atoms with Crippen molar-refractivity contribution in [2.75, 3.05) is 6.61 Å². The molecule has 2 nitrogen and oxygen atoms in total. The fourth-order valence-electron chi connectivity index (χ4n) is 0.925. The molecular formula is C11H12O2. The number of benzene rings is 1. The van der Waals surface area contributed by atoms with Crippen LogP contribution in [0.15, 0.2) is 30.3 Å². The maximum absolute atomic E-state index is 8.74. The van der Waals surface area contributed by atoms with Gasteiger partial charge in [0.25, 0.3) is 0 Å². The average molecular weight is 176 g/mol. The van der Waals surface area contributed by atoms with Gasteiger partial charge in [-0.25, -0.2) is 0 Å². The topological polar surface area (TPSA) is 29.5 Å². The van der Waals surface area contributed by atoms with Crippen LogP contribution in [0.1, 0.15) is 5.56 Å². The first kappa shape index (κ1) is 9.79. The molecule has 1 atom stereocenters. The number of ether oxygens (including phenoxy) is 1. The lowest BCUT2D eigenvalue weighted by atomic mass is 10.2. The van der Waals surface area contributed by atoms with E-state index in [4.69, 9.17) is 16.3 Å². The normalized spacial score (nSPS) is 12.0. The first-order valence-electron chi connectivity index (χ1n) is 4.09. The highest BCUT2D eigenvalue weighted by Crippen LogP contribution is 2.02. The van der Waals surface area contributed by atoms with Gasteiger partial charge in [-0.1, -0.05) is 36.3 Å². The number of aliphatic hydroxyl groups is 1. The van der Waals surface area contributed by atoms with E-state index in [0.717, 1.165) is 5.56 Å². The Balaban J connectivity index is 2.40. The summed E-state index contributed by atoms with van der Waals surface area (Å²) < 4.78 is 5.24. The van der Waals surface area contributed by atoms with Crippen molar-refractivity contribution in [2.24, 2.45) is 0 Å². The minimum Gasteiger partial charge on any atom is -0.393 e. The minimum absolute atomic E-state index is 0.136. The van der Waals surface area contributed by atoms with Crippen LogP contribution in [0.5, 0.6) is 0 Å². The molecular weight excluding hydrogens is 164 g/mol. The molecule has 0 bridgehead atoms. The molecule has 0 aliphatic heterocycles. The van der Waals surface area contributed by atoms with Gasteiger partial charge in [0, 0.05) is 0 Å². The van der Waals surface area contributed by atoms with Crippen LogP contribution >= 0.6 is 0 Å². The average Bonchev–Trinajstić information content (AvgIpc) is 2.21. The highest BCUT2D eigenvalue weighted by molar-refractivity contribution is 5.13. The van der Waals surface area contributed by atoms with Crippen LogP contribution in [0, 0.1) is 12.3 Å². The molecule has 1 aromatic rings. The Hall–Kier alpha value is -1.30. The molecule has 1 N–H and O–H groups in total. The number of aliphatic hydroxyl groups excluding tert-OH is 1. The smallest absolute Gasteiger partial charge is 0.141 e. The third kappa shape index (κ3) is 3.29. The predicted octanol–water partition coefficient (Wildman–Crippen LogP) is 1.20. The first-order chi connectivity index (χ1) is 6.36. The van der Waals surface area contributed by atoms with Crippen molar-refractivity contribution in [1.82, 2.24) is 0 Å². The Labute approximate surface area is 78.2 Å². The monoisotopic (exact) mass is 176 g/mol. The van der Waals surface area contributed by atoms with Crippen molar-refractivity contribution >= 4 is 0 Å². The van der Waals surface area contributed by atoms with Crippen molar-refractivity contribution in [2.45, 2.75) is 12.7 Å². The second-order valence-electron chi connectivity index (χ2n) is 2.63. The summed E-state index contributed by atoms with van der Waals surface area (Å²) >= 11 is 0. The molecule has 0 amide bonds. The van der Waals surface area contributed by atoms with E-state index in [9.17, 15) is 0 Å². The zero-order valence-corrected chi connectivity index (χ0v) is 7.31. The molecule has 0 radical (unpaired) electrons. The molecule has 13 heavy (non-hydrogen) atoms. The third-order valence-corrected chi connectivity index (χ3v) is 1.65. The van der Waals surface area contributed by atoms with E-state index in [-0.39, 0.29) is 6.61 Å². The van der Waals surface area contributed by atoms with E-state index in [1.807, 2.05) is 30.3 Å². The van der Waals surface area contributed by atoms with Crippen LogP contribution in [-0.4, -0.2) is 17.8 Å². The highest BCUT2D eigenvalue weighted by Gasteiger charge is 2.01. The molecule has 0 heterocycles. The fraction of sp³-hybridized carbons (Fsp3) is 0.273. The summed E-state index contributed by atoms with van der Waals surface area (Å²) in [7, 11) is 0. The van der Waals surface area contributed by atoms with Gasteiger partial charge >= 0.3 is 0 Å². The van der Waals surface area contributed by atoms with Crippen molar-refractivity contribution in [3.8, 4) is 12.3 Å². The zero-order chi connectivity index (χ0) is 9.52.